The summed E-state index contributed by atoms with van der Waals surface area (Å²) >= 11 is 13.7. The lowest BCUT2D eigenvalue weighted by atomic mass is 10.2. The fourth-order valence-corrected chi connectivity index (χ4v) is 4.76. The molecule has 0 atom stereocenters. The highest BCUT2D eigenvalue weighted by Gasteiger charge is 2.16. The highest BCUT2D eigenvalue weighted by molar-refractivity contribution is 7.13. The number of benzene rings is 2. The lowest BCUT2D eigenvalue weighted by Gasteiger charge is -2.21. The number of hydrogen-bond donors (Lipinski definition) is 1. The summed E-state index contributed by atoms with van der Waals surface area (Å²) in [5.74, 6) is 0.869. The Balaban J connectivity index is 1.68. The number of halogens is 2. The maximum atomic E-state index is 12.8. The van der Waals surface area contributed by atoms with Crippen LogP contribution in [-0.4, -0.2) is 49.1 Å². The smallest absolute Gasteiger partial charge is 0.275 e. The van der Waals surface area contributed by atoms with Crippen LogP contribution in [-0.2, 0) is 0 Å². The SMILES string of the molecule is CCCN(CCC)CCOc1cc(NC(=O)c2csc(-c3cccc(Cl)c3Cl)n2)ccc1OC. The molecule has 0 bridgehead atoms. The van der Waals surface area contributed by atoms with Crippen molar-refractivity contribution in [1.29, 1.82) is 0 Å². The normalized spacial score (nSPS) is 11.0. The molecule has 1 aromatic heterocycles. The number of methoxy groups -OCH3 is 1. The van der Waals surface area contributed by atoms with Gasteiger partial charge in [-0.15, -0.1) is 11.3 Å². The first-order valence-electron chi connectivity index (χ1n) is 11.2. The summed E-state index contributed by atoms with van der Waals surface area (Å²) in [6.07, 6.45) is 2.21. The number of carbonyl (C=O) groups is 1. The highest BCUT2D eigenvalue weighted by atomic mass is 35.5. The molecule has 0 spiro atoms. The van der Waals surface area contributed by atoms with Gasteiger partial charge in [0.1, 0.15) is 17.3 Å². The third kappa shape index (κ3) is 6.85. The van der Waals surface area contributed by atoms with Gasteiger partial charge in [0.25, 0.3) is 5.91 Å². The van der Waals surface area contributed by atoms with E-state index < -0.39 is 0 Å². The molecule has 0 fully saturated rings. The monoisotopic (exact) mass is 521 g/mol. The highest BCUT2D eigenvalue weighted by Crippen LogP contribution is 2.35. The Kier molecular flexibility index (Phi) is 10.0. The molecule has 0 aliphatic rings. The molecule has 2 aromatic carbocycles. The zero-order valence-electron chi connectivity index (χ0n) is 19.6. The van der Waals surface area contributed by atoms with E-state index in [0.717, 1.165) is 32.5 Å². The van der Waals surface area contributed by atoms with Crippen LogP contribution in [0.15, 0.2) is 41.8 Å². The van der Waals surface area contributed by atoms with Crippen LogP contribution in [0.1, 0.15) is 37.2 Å². The first-order valence-corrected chi connectivity index (χ1v) is 12.8. The van der Waals surface area contributed by atoms with Crippen LogP contribution < -0.4 is 14.8 Å². The molecular formula is C25H29Cl2N3O3S. The second-order valence-electron chi connectivity index (χ2n) is 7.65. The summed E-state index contributed by atoms with van der Waals surface area (Å²) in [5.41, 5.74) is 1.58. The Labute approximate surface area is 214 Å². The van der Waals surface area contributed by atoms with E-state index in [1.807, 2.05) is 6.07 Å². The predicted octanol–water partition coefficient (Wildman–Crippen LogP) is 6.88. The van der Waals surface area contributed by atoms with Gasteiger partial charge in [-0.3, -0.25) is 9.69 Å². The minimum absolute atomic E-state index is 0.295. The Morgan fingerprint density at radius 1 is 1.09 bits per heavy atom. The van der Waals surface area contributed by atoms with Gasteiger partial charge in [-0.05, 0) is 44.1 Å². The first-order chi connectivity index (χ1) is 16.5. The van der Waals surface area contributed by atoms with E-state index >= 15 is 0 Å². The zero-order valence-corrected chi connectivity index (χ0v) is 21.9. The van der Waals surface area contributed by atoms with Gasteiger partial charge in [-0.2, -0.15) is 0 Å². The molecule has 0 unspecified atom stereocenters. The Bertz CT molecular complexity index is 1100. The van der Waals surface area contributed by atoms with E-state index in [4.69, 9.17) is 32.7 Å². The quantitative estimate of drug-likeness (QED) is 0.281. The van der Waals surface area contributed by atoms with Crippen LogP contribution in [0.5, 0.6) is 11.5 Å². The molecule has 182 valence electrons. The van der Waals surface area contributed by atoms with Crippen molar-refractivity contribution in [3.05, 3.63) is 57.5 Å². The maximum Gasteiger partial charge on any atom is 0.275 e. The molecule has 6 nitrogen and oxygen atoms in total. The van der Waals surface area contributed by atoms with Gasteiger partial charge in [-0.1, -0.05) is 49.2 Å². The summed E-state index contributed by atoms with van der Waals surface area (Å²) in [7, 11) is 1.60. The number of anilines is 1. The van der Waals surface area contributed by atoms with Crippen molar-refractivity contribution in [2.45, 2.75) is 26.7 Å². The van der Waals surface area contributed by atoms with Crippen LogP contribution in [0.25, 0.3) is 10.6 Å². The van der Waals surface area contributed by atoms with Gasteiger partial charge in [0.2, 0.25) is 0 Å². The number of rotatable bonds is 12. The van der Waals surface area contributed by atoms with Crippen LogP contribution in [0.3, 0.4) is 0 Å². The van der Waals surface area contributed by atoms with Gasteiger partial charge < -0.3 is 14.8 Å². The van der Waals surface area contributed by atoms with Crippen molar-refractivity contribution in [3.63, 3.8) is 0 Å². The minimum Gasteiger partial charge on any atom is -0.493 e. The molecule has 0 aliphatic carbocycles. The first kappa shape index (κ1) is 26.3. The van der Waals surface area contributed by atoms with Crippen molar-refractivity contribution in [2.24, 2.45) is 0 Å². The second kappa shape index (κ2) is 13.0. The molecular weight excluding hydrogens is 493 g/mol. The molecule has 9 heteroatoms. The predicted molar refractivity (Wildman–Crippen MR) is 141 cm³/mol. The van der Waals surface area contributed by atoms with Crippen molar-refractivity contribution in [3.8, 4) is 22.1 Å². The maximum absolute atomic E-state index is 12.8. The number of thiazole rings is 1. The summed E-state index contributed by atoms with van der Waals surface area (Å²) in [6.45, 7) is 7.79. The van der Waals surface area contributed by atoms with Crippen molar-refractivity contribution in [1.82, 2.24) is 9.88 Å². The van der Waals surface area contributed by atoms with Gasteiger partial charge in [-0.25, -0.2) is 4.98 Å². The molecule has 3 rings (SSSR count). The van der Waals surface area contributed by atoms with Gasteiger partial charge in [0.05, 0.1) is 17.2 Å². The summed E-state index contributed by atoms with van der Waals surface area (Å²) in [6, 6.07) is 10.6. The fraction of sp³-hybridized carbons (Fsp3) is 0.360. The molecule has 1 heterocycles. The second-order valence-corrected chi connectivity index (χ2v) is 9.29. The molecule has 34 heavy (non-hydrogen) atoms. The van der Waals surface area contributed by atoms with E-state index in [1.165, 1.54) is 11.3 Å². The van der Waals surface area contributed by atoms with Crippen molar-refractivity contribution >= 4 is 46.1 Å². The Hall–Kier alpha value is -2.32. The van der Waals surface area contributed by atoms with E-state index in [-0.39, 0.29) is 5.91 Å². The topological polar surface area (TPSA) is 63.7 Å². The molecule has 3 aromatic rings. The Morgan fingerprint density at radius 2 is 1.85 bits per heavy atom. The average Bonchev–Trinajstić information content (AvgIpc) is 3.32. The van der Waals surface area contributed by atoms with Crippen molar-refractivity contribution in [2.75, 3.05) is 38.7 Å². The molecule has 0 saturated carbocycles. The van der Waals surface area contributed by atoms with Crippen molar-refractivity contribution < 1.29 is 14.3 Å². The standard InChI is InChI=1S/C25H29Cl2N3O3S/c1-4-11-30(12-5-2)13-14-33-22-15-17(9-10-21(22)32-3)28-24(31)20-16-34-25(29-20)18-7-6-8-19(26)23(18)27/h6-10,15-16H,4-5,11-14H2,1-3H3,(H,28,31). The summed E-state index contributed by atoms with van der Waals surface area (Å²) in [5, 5.41) is 6.06. The number of ether oxygens (including phenoxy) is 2. The number of amides is 1. The summed E-state index contributed by atoms with van der Waals surface area (Å²) in [4.78, 5) is 19.6. The fourth-order valence-electron chi connectivity index (χ4n) is 3.49. The third-order valence-corrected chi connectivity index (χ3v) is 6.78. The van der Waals surface area contributed by atoms with Crippen LogP contribution in [0.4, 0.5) is 5.69 Å². The van der Waals surface area contributed by atoms with E-state index in [2.05, 4.69) is 29.0 Å². The molecule has 0 aliphatic heterocycles. The molecule has 1 amide bonds. The minimum atomic E-state index is -0.325. The number of hydrogen-bond acceptors (Lipinski definition) is 6. The third-order valence-electron chi connectivity index (χ3n) is 5.09. The zero-order chi connectivity index (χ0) is 24.5. The van der Waals surface area contributed by atoms with Crippen LogP contribution >= 0.6 is 34.5 Å². The van der Waals surface area contributed by atoms with Gasteiger partial charge >= 0.3 is 0 Å². The molecule has 1 N–H and O–H groups in total. The molecule has 0 radical (unpaired) electrons. The van der Waals surface area contributed by atoms with Crippen LogP contribution in [0, 0.1) is 0 Å². The molecule has 0 saturated heterocycles. The number of nitrogens with one attached hydrogen (secondary N) is 1. The van der Waals surface area contributed by atoms with Gasteiger partial charge in [0.15, 0.2) is 11.5 Å². The average molecular weight is 522 g/mol. The van der Waals surface area contributed by atoms with Gasteiger partial charge in [0, 0.05) is 29.2 Å². The lowest BCUT2D eigenvalue weighted by molar-refractivity contribution is 0.102. The van der Waals surface area contributed by atoms with E-state index in [0.29, 0.717) is 50.1 Å². The van der Waals surface area contributed by atoms with Crippen LogP contribution in [0.2, 0.25) is 10.0 Å². The number of carbonyl (C=O) groups excluding carboxylic acids is 1. The summed E-state index contributed by atoms with van der Waals surface area (Å²) < 4.78 is 11.4. The van der Waals surface area contributed by atoms with E-state index in [9.17, 15) is 4.79 Å². The van der Waals surface area contributed by atoms with E-state index in [1.54, 1.807) is 42.8 Å². The largest absolute Gasteiger partial charge is 0.493 e. The lowest BCUT2D eigenvalue weighted by Crippen LogP contribution is -2.30. The Morgan fingerprint density at radius 3 is 2.56 bits per heavy atom. The number of aromatic nitrogens is 1. The number of nitrogens with zero attached hydrogens (tertiary/aromatic N) is 2.